The van der Waals surface area contributed by atoms with Crippen molar-refractivity contribution in [3.63, 3.8) is 0 Å². The maximum Gasteiger partial charge on any atom is 0.142 e. The Labute approximate surface area is 127 Å². The summed E-state index contributed by atoms with van der Waals surface area (Å²) in [5.74, 6) is 1.57. The molecule has 2 aliphatic heterocycles. The average molecular weight is 290 g/mol. The molecule has 0 amide bonds. The van der Waals surface area contributed by atoms with Gasteiger partial charge in [0, 0.05) is 32.2 Å². The molecule has 2 aliphatic rings. The van der Waals surface area contributed by atoms with Crippen molar-refractivity contribution < 1.29 is 9.47 Å². The first-order chi connectivity index (χ1) is 10.3. The van der Waals surface area contributed by atoms with Gasteiger partial charge in [-0.2, -0.15) is 0 Å². The minimum Gasteiger partial charge on any atom is -0.491 e. The number of hydrogen-bond donors (Lipinski definition) is 1. The number of benzene rings is 1. The molecule has 0 saturated carbocycles. The molecule has 0 radical (unpaired) electrons. The molecule has 1 unspecified atom stereocenters. The largest absolute Gasteiger partial charge is 0.491 e. The first kappa shape index (κ1) is 14.7. The van der Waals surface area contributed by atoms with Crippen LogP contribution in [0.4, 0.5) is 5.69 Å². The van der Waals surface area contributed by atoms with Gasteiger partial charge >= 0.3 is 0 Å². The highest BCUT2D eigenvalue weighted by Gasteiger charge is 2.19. The molecule has 0 bridgehead atoms. The molecule has 1 atom stereocenters. The molecule has 1 aromatic carbocycles. The lowest BCUT2D eigenvalue weighted by atomic mass is 10.1. The van der Waals surface area contributed by atoms with Gasteiger partial charge in [-0.25, -0.2) is 0 Å². The molecule has 116 valence electrons. The maximum atomic E-state index is 6.13. The Morgan fingerprint density at radius 2 is 2.29 bits per heavy atom. The van der Waals surface area contributed by atoms with Crippen molar-refractivity contribution in [1.29, 1.82) is 0 Å². The van der Waals surface area contributed by atoms with E-state index in [0.29, 0.717) is 5.92 Å². The summed E-state index contributed by atoms with van der Waals surface area (Å²) in [4.78, 5) is 2.45. The summed E-state index contributed by atoms with van der Waals surface area (Å²) in [5.41, 5.74) is 2.54. The van der Waals surface area contributed by atoms with Gasteiger partial charge in [0.1, 0.15) is 5.75 Å². The van der Waals surface area contributed by atoms with Crippen molar-refractivity contribution in [2.45, 2.75) is 19.8 Å². The van der Waals surface area contributed by atoms with E-state index in [0.717, 1.165) is 58.2 Å². The molecule has 2 saturated heterocycles. The fourth-order valence-corrected chi connectivity index (χ4v) is 3.01. The number of nitrogens with one attached hydrogen (secondary N) is 1. The van der Waals surface area contributed by atoms with Crippen LogP contribution in [-0.4, -0.2) is 46.0 Å². The van der Waals surface area contributed by atoms with Crippen molar-refractivity contribution >= 4 is 5.69 Å². The summed E-state index contributed by atoms with van der Waals surface area (Å²) in [5, 5.41) is 3.46. The van der Waals surface area contributed by atoms with Crippen LogP contribution in [0.5, 0.6) is 5.75 Å². The van der Waals surface area contributed by atoms with E-state index in [1.165, 1.54) is 17.7 Å². The van der Waals surface area contributed by atoms with Crippen LogP contribution in [0.2, 0.25) is 0 Å². The predicted octanol–water partition coefficient (Wildman–Crippen LogP) is 2.21. The molecule has 2 fully saturated rings. The minimum atomic E-state index is 0.546. The second-order valence-corrected chi connectivity index (χ2v) is 6.10. The summed E-state index contributed by atoms with van der Waals surface area (Å²) in [6, 6.07) is 6.52. The average Bonchev–Trinajstić information content (AvgIpc) is 2.86. The zero-order chi connectivity index (χ0) is 14.5. The molecule has 0 aliphatic carbocycles. The zero-order valence-electron chi connectivity index (χ0n) is 12.9. The number of hydrogen-bond acceptors (Lipinski definition) is 4. The Hall–Kier alpha value is -1.26. The summed E-state index contributed by atoms with van der Waals surface area (Å²) in [6.07, 6.45) is 2.30. The highest BCUT2D eigenvalue weighted by molar-refractivity contribution is 5.60. The Morgan fingerprint density at radius 3 is 3.14 bits per heavy atom. The van der Waals surface area contributed by atoms with Gasteiger partial charge in [-0.15, -0.1) is 0 Å². The van der Waals surface area contributed by atoms with Crippen molar-refractivity contribution in [2.24, 2.45) is 5.92 Å². The lowest BCUT2D eigenvalue weighted by Crippen LogP contribution is -2.28. The molecule has 3 rings (SSSR count). The SMILES string of the molecule is Cc1ccc(OCC2CCOC2)c(N2CCCNCC2)c1. The molecule has 0 aromatic heterocycles. The summed E-state index contributed by atoms with van der Waals surface area (Å²) in [7, 11) is 0. The quantitative estimate of drug-likeness (QED) is 0.922. The second kappa shape index (κ2) is 7.14. The van der Waals surface area contributed by atoms with E-state index in [2.05, 4.69) is 35.3 Å². The van der Waals surface area contributed by atoms with Crippen molar-refractivity contribution in [2.75, 3.05) is 50.9 Å². The maximum absolute atomic E-state index is 6.13. The number of ether oxygens (including phenoxy) is 2. The van der Waals surface area contributed by atoms with E-state index in [4.69, 9.17) is 9.47 Å². The van der Waals surface area contributed by atoms with E-state index in [9.17, 15) is 0 Å². The highest BCUT2D eigenvalue weighted by Crippen LogP contribution is 2.31. The molecular weight excluding hydrogens is 264 g/mol. The van der Waals surface area contributed by atoms with Crippen LogP contribution >= 0.6 is 0 Å². The zero-order valence-corrected chi connectivity index (χ0v) is 12.9. The third-order valence-corrected chi connectivity index (χ3v) is 4.29. The van der Waals surface area contributed by atoms with Crippen molar-refractivity contribution in [1.82, 2.24) is 5.32 Å². The Kier molecular flexibility index (Phi) is 4.99. The van der Waals surface area contributed by atoms with Gasteiger partial charge in [-0.05, 0) is 44.0 Å². The lowest BCUT2D eigenvalue weighted by molar-refractivity contribution is 0.167. The molecule has 0 spiro atoms. The minimum absolute atomic E-state index is 0.546. The van der Waals surface area contributed by atoms with Gasteiger partial charge in [0.25, 0.3) is 0 Å². The lowest BCUT2D eigenvalue weighted by Gasteiger charge is -2.26. The third-order valence-electron chi connectivity index (χ3n) is 4.29. The van der Waals surface area contributed by atoms with Crippen LogP contribution in [-0.2, 0) is 4.74 Å². The predicted molar refractivity (Wildman–Crippen MR) is 85.3 cm³/mol. The van der Waals surface area contributed by atoms with Crippen LogP contribution in [0.3, 0.4) is 0 Å². The third kappa shape index (κ3) is 3.89. The number of anilines is 1. The monoisotopic (exact) mass is 290 g/mol. The van der Waals surface area contributed by atoms with Crippen molar-refractivity contribution in [3.8, 4) is 5.75 Å². The Balaban J connectivity index is 1.71. The molecule has 21 heavy (non-hydrogen) atoms. The normalized spacial score (nSPS) is 23.1. The van der Waals surface area contributed by atoms with Gasteiger partial charge < -0.3 is 19.7 Å². The summed E-state index contributed by atoms with van der Waals surface area (Å²) in [6.45, 7) is 8.94. The molecule has 2 heterocycles. The van der Waals surface area contributed by atoms with Crippen LogP contribution in [0.1, 0.15) is 18.4 Å². The summed E-state index contributed by atoms with van der Waals surface area (Å²) >= 11 is 0. The van der Waals surface area contributed by atoms with E-state index < -0.39 is 0 Å². The van der Waals surface area contributed by atoms with Crippen LogP contribution in [0, 0.1) is 12.8 Å². The number of aryl methyl sites for hydroxylation is 1. The first-order valence-corrected chi connectivity index (χ1v) is 8.10. The molecule has 1 N–H and O–H groups in total. The summed E-state index contributed by atoms with van der Waals surface area (Å²) < 4.78 is 11.6. The van der Waals surface area contributed by atoms with Crippen molar-refractivity contribution in [3.05, 3.63) is 23.8 Å². The number of nitrogens with zero attached hydrogens (tertiary/aromatic N) is 1. The van der Waals surface area contributed by atoms with Gasteiger partial charge in [-0.3, -0.25) is 0 Å². The molecule has 4 heteroatoms. The molecule has 4 nitrogen and oxygen atoms in total. The van der Waals surface area contributed by atoms with Gasteiger partial charge in [0.15, 0.2) is 0 Å². The van der Waals surface area contributed by atoms with E-state index >= 15 is 0 Å². The second-order valence-electron chi connectivity index (χ2n) is 6.10. The van der Waals surface area contributed by atoms with Crippen LogP contribution < -0.4 is 15.0 Å². The highest BCUT2D eigenvalue weighted by atomic mass is 16.5. The topological polar surface area (TPSA) is 33.7 Å². The molecular formula is C17H26N2O2. The van der Waals surface area contributed by atoms with Crippen LogP contribution in [0.15, 0.2) is 18.2 Å². The van der Waals surface area contributed by atoms with Gasteiger partial charge in [-0.1, -0.05) is 6.07 Å². The fraction of sp³-hybridized carbons (Fsp3) is 0.647. The van der Waals surface area contributed by atoms with E-state index in [1.807, 2.05) is 0 Å². The van der Waals surface area contributed by atoms with E-state index in [-0.39, 0.29) is 0 Å². The van der Waals surface area contributed by atoms with Crippen LogP contribution in [0.25, 0.3) is 0 Å². The molecule has 1 aromatic rings. The standard InChI is InChI=1S/C17H26N2O2/c1-14-3-4-17(21-13-15-5-10-20-12-15)16(11-14)19-8-2-6-18-7-9-19/h3-4,11,15,18H,2,5-10,12-13H2,1H3. The Morgan fingerprint density at radius 1 is 1.33 bits per heavy atom. The smallest absolute Gasteiger partial charge is 0.142 e. The first-order valence-electron chi connectivity index (χ1n) is 8.10. The Bertz CT molecular complexity index is 450. The van der Waals surface area contributed by atoms with Gasteiger partial charge in [0.2, 0.25) is 0 Å². The fourth-order valence-electron chi connectivity index (χ4n) is 3.01. The number of rotatable bonds is 4. The van der Waals surface area contributed by atoms with E-state index in [1.54, 1.807) is 0 Å². The van der Waals surface area contributed by atoms with Gasteiger partial charge in [0.05, 0.1) is 18.9 Å².